The average molecular weight is 358 g/mol. The molecule has 1 aliphatic heterocycles. The molecule has 114 valence electrons. The minimum absolute atomic E-state index is 0.0542. The van der Waals surface area contributed by atoms with E-state index in [1.165, 1.54) is 18.2 Å². The van der Waals surface area contributed by atoms with Gasteiger partial charge in [-0.25, -0.2) is 4.39 Å². The molecule has 0 radical (unpaired) electrons. The predicted octanol–water partition coefficient (Wildman–Crippen LogP) is 1.27. The Bertz CT molecular complexity index is 545. The fourth-order valence-electron chi connectivity index (χ4n) is 2.39. The SMILES string of the molecule is NC(=O)CN1CCC(NC(=O)c2ccc(F)cc2Br)CC1. The van der Waals surface area contributed by atoms with Crippen LogP contribution in [-0.4, -0.2) is 42.4 Å². The Balaban J connectivity index is 1.88. The molecular weight excluding hydrogens is 341 g/mol. The standard InChI is InChI=1S/C14H17BrFN3O2/c15-12-7-9(16)1-2-11(12)14(21)18-10-3-5-19(6-4-10)8-13(17)20/h1-2,7,10H,3-6,8H2,(H2,17,20)(H,18,21). The lowest BCUT2D eigenvalue weighted by atomic mass is 10.0. The van der Waals surface area contributed by atoms with Crippen molar-refractivity contribution in [2.24, 2.45) is 5.73 Å². The quantitative estimate of drug-likeness (QED) is 0.851. The summed E-state index contributed by atoms with van der Waals surface area (Å²) in [4.78, 5) is 25.0. The van der Waals surface area contributed by atoms with E-state index in [9.17, 15) is 14.0 Å². The summed E-state index contributed by atoms with van der Waals surface area (Å²) < 4.78 is 13.4. The van der Waals surface area contributed by atoms with Gasteiger partial charge in [0.15, 0.2) is 0 Å². The van der Waals surface area contributed by atoms with Gasteiger partial charge in [0.2, 0.25) is 5.91 Å². The zero-order valence-electron chi connectivity index (χ0n) is 11.4. The number of nitrogens with zero attached hydrogens (tertiary/aromatic N) is 1. The highest BCUT2D eigenvalue weighted by atomic mass is 79.9. The molecule has 0 saturated carbocycles. The first-order valence-corrected chi connectivity index (χ1v) is 7.51. The fraction of sp³-hybridized carbons (Fsp3) is 0.429. The molecule has 0 unspecified atom stereocenters. The van der Waals surface area contributed by atoms with Crippen LogP contribution in [0, 0.1) is 5.82 Å². The van der Waals surface area contributed by atoms with E-state index >= 15 is 0 Å². The van der Waals surface area contributed by atoms with Crippen molar-refractivity contribution in [3.8, 4) is 0 Å². The molecule has 0 atom stereocenters. The zero-order valence-corrected chi connectivity index (χ0v) is 13.0. The van der Waals surface area contributed by atoms with E-state index < -0.39 is 5.82 Å². The third-order valence-electron chi connectivity index (χ3n) is 3.48. The highest BCUT2D eigenvalue weighted by Gasteiger charge is 2.22. The van der Waals surface area contributed by atoms with Crippen LogP contribution in [0.5, 0.6) is 0 Å². The van der Waals surface area contributed by atoms with E-state index in [-0.39, 0.29) is 24.4 Å². The van der Waals surface area contributed by atoms with Crippen molar-refractivity contribution in [2.45, 2.75) is 18.9 Å². The summed E-state index contributed by atoms with van der Waals surface area (Å²) in [5.41, 5.74) is 5.57. The average Bonchev–Trinajstić information content (AvgIpc) is 2.40. The monoisotopic (exact) mass is 357 g/mol. The second-order valence-corrected chi connectivity index (χ2v) is 5.97. The summed E-state index contributed by atoms with van der Waals surface area (Å²) in [6.07, 6.45) is 1.52. The molecule has 1 aromatic carbocycles. The number of hydrogen-bond acceptors (Lipinski definition) is 3. The Hall–Kier alpha value is -1.47. The lowest BCUT2D eigenvalue weighted by Crippen LogP contribution is -2.46. The topological polar surface area (TPSA) is 75.4 Å². The summed E-state index contributed by atoms with van der Waals surface area (Å²) in [5.74, 6) is -0.957. The van der Waals surface area contributed by atoms with Crippen molar-refractivity contribution >= 4 is 27.7 Å². The first kappa shape index (κ1) is 15.9. The highest BCUT2D eigenvalue weighted by Crippen LogP contribution is 2.19. The van der Waals surface area contributed by atoms with E-state index in [1.807, 2.05) is 4.90 Å². The van der Waals surface area contributed by atoms with Gasteiger partial charge in [-0.05, 0) is 47.0 Å². The molecule has 2 rings (SSSR count). The van der Waals surface area contributed by atoms with Crippen molar-refractivity contribution in [1.82, 2.24) is 10.2 Å². The summed E-state index contributed by atoms with van der Waals surface area (Å²) >= 11 is 3.19. The summed E-state index contributed by atoms with van der Waals surface area (Å²) in [6, 6.07) is 4.04. The molecule has 5 nitrogen and oxygen atoms in total. The molecule has 2 amide bonds. The van der Waals surface area contributed by atoms with Crippen LogP contribution in [-0.2, 0) is 4.79 Å². The number of piperidine rings is 1. The van der Waals surface area contributed by atoms with Gasteiger partial charge in [-0.3, -0.25) is 14.5 Å². The van der Waals surface area contributed by atoms with Gasteiger partial charge in [0.05, 0.1) is 12.1 Å². The Morgan fingerprint density at radius 1 is 1.38 bits per heavy atom. The normalized spacial score (nSPS) is 16.7. The summed E-state index contributed by atoms with van der Waals surface area (Å²) in [5, 5.41) is 2.94. The predicted molar refractivity (Wildman–Crippen MR) is 80.2 cm³/mol. The maximum Gasteiger partial charge on any atom is 0.252 e. The third-order valence-corrected chi connectivity index (χ3v) is 4.13. The van der Waals surface area contributed by atoms with Crippen LogP contribution in [0.25, 0.3) is 0 Å². The molecular formula is C14H17BrFN3O2. The number of rotatable bonds is 4. The highest BCUT2D eigenvalue weighted by molar-refractivity contribution is 9.10. The van der Waals surface area contributed by atoms with E-state index in [0.29, 0.717) is 10.0 Å². The molecule has 1 aliphatic rings. The zero-order chi connectivity index (χ0) is 15.4. The van der Waals surface area contributed by atoms with Crippen LogP contribution >= 0.6 is 15.9 Å². The Morgan fingerprint density at radius 3 is 2.62 bits per heavy atom. The minimum atomic E-state index is -0.391. The number of halogens is 2. The van der Waals surface area contributed by atoms with Gasteiger partial charge < -0.3 is 11.1 Å². The number of nitrogens with one attached hydrogen (secondary N) is 1. The number of carbonyl (C=O) groups is 2. The molecule has 21 heavy (non-hydrogen) atoms. The number of primary amides is 1. The number of carbonyl (C=O) groups excluding carboxylic acids is 2. The number of hydrogen-bond donors (Lipinski definition) is 2. The van der Waals surface area contributed by atoms with Crippen LogP contribution in [0.15, 0.2) is 22.7 Å². The van der Waals surface area contributed by atoms with Crippen LogP contribution in [0.3, 0.4) is 0 Å². The molecule has 1 heterocycles. The Morgan fingerprint density at radius 2 is 2.05 bits per heavy atom. The molecule has 3 N–H and O–H groups in total. The van der Waals surface area contributed by atoms with Crippen molar-refractivity contribution in [2.75, 3.05) is 19.6 Å². The lowest BCUT2D eigenvalue weighted by molar-refractivity contribution is -0.119. The van der Waals surface area contributed by atoms with Crippen molar-refractivity contribution in [3.05, 3.63) is 34.1 Å². The van der Waals surface area contributed by atoms with Gasteiger partial charge in [0.25, 0.3) is 5.91 Å². The van der Waals surface area contributed by atoms with Gasteiger partial charge in [0, 0.05) is 23.6 Å². The number of nitrogens with two attached hydrogens (primary N) is 1. The number of amides is 2. The maximum atomic E-state index is 13.0. The molecule has 0 spiro atoms. The van der Waals surface area contributed by atoms with E-state index in [4.69, 9.17) is 5.73 Å². The number of likely N-dealkylation sites (tertiary alicyclic amines) is 1. The Kier molecular flexibility index (Phi) is 5.30. The van der Waals surface area contributed by atoms with Gasteiger partial charge in [-0.2, -0.15) is 0 Å². The molecule has 1 fully saturated rings. The van der Waals surface area contributed by atoms with E-state index in [0.717, 1.165) is 25.9 Å². The number of benzene rings is 1. The van der Waals surface area contributed by atoms with Crippen LogP contribution in [0.2, 0.25) is 0 Å². The summed E-state index contributed by atoms with van der Waals surface area (Å²) in [7, 11) is 0. The first-order valence-electron chi connectivity index (χ1n) is 6.72. The first-order chi connectivity index (χ1) is 9.95. The fourth-order valence-corrected chi connectivity index (χ4v) is 2.92. The second-order valence-electron chi connectivity index (χ2n) is 5.11. The van der Waals surface area contributed by atoms with Crippen LogP contribution in [0.1, 0.15) is 23.2 Å². The molecule has 7 heteroatoms. The van der Waals surface area contributed by atoms with E-state index in [2.05, 4.69) is 21.2 Å². The molecule has 1 saturated heterocycles. The van der Waals surface area contributed by atoms with Crippen molar-refractivity contribution in [1.29, 1.82) is 0 Å². The summed E-state index contributed by atoms with van der Waals surface area (Å²) in [6.45, 7) is 1.70. The van der Waals surface area contributed by atoms with Crippen LogP contribution < -0.4 is 11.1 Å². The molecule has 1 aromatic rings. The van der Waals surface area contributed by atoms with Gasteiger partial charge in [0.1, 0.15) is 5.82 Å². The third kappa shape index (κ3) is 4.50. The molecule has 0 aliphatic carbocycles. The smallest absolute Gasteiger partial charge is 0.252 e. The largest absolute Gasteiger partial charge is 0.369 e. The Labute approximate surface area is 130 Å². The lowest BCUT2D eigenvalue weighted by Gasteiger charge is -2.31. The minimum Gasteiger partial charge on any atom is -0.369 e. The van der Waals surface area contributed by atoms with Crippen molar-refractivity contribution < 1.29 is 14.0 Å². The van der Waals surface area contributed by atoms with Gasteiger partial charge in [-0.15, -0.1) is 0 Å². The maximum absolute atomic E-state index is 13.0. The van der Waals surface area contributed by atoms with Crippen molar-refractivity contribution in [3.63, 3.8) is 0 Å². The molecule has 0 aromatic heterocycles. The van der Waals surface area contributed by atoms with Gasteiger partial charge >= 0.3 is 0 Å². The molecule has 0 bridgehead atoms. The van der Waals surface area contributed by atoms with Crippen LogP contribution in [0.4, 0.5) is 4.39 Å². The second kappa shape index (κ2) is 7.00. The van der Waals surface area contributed by atoms with Gasteiger partial charge in [-0.1, -0.05) is 0 Å². The van der Waals surface area contributed by atoms with E-state index in [1.54, 1.807) is 0 Å².